The fourth-order valence-electron chi connectivity index (χ4n) is 1.86. The summed E-state index contributed by atoms with van der Waals surface area (Å²) >= 11 is 0. The number of para-hydroxylation sites is 1. The van der Waals surface area contributed by atoms with Gasteiger partial charge in [-0.25, -0.2) is 4.79 Å². The number of hydrogen-bond donors (Lipinski definition) is 3. The Morgan fingerprint density at radius 1 is 1.35 bits per heavy atom. The minimum Gasteiger partial charge on any atom is -0.398 e. The average Bonchev–Trinajstić information content (AvgIpc) is 2.45. The van der Waals surface area contributed by atoms with Gasteiger partial charge in [-0.3, -0.25) is 15.0 Å². The Labute approximate surface area is 119 Å². The first-order chi connectivity index (χ1) is 9.49. The van der Waals surface area contributed by atoms with Crippen LogP contribution in [0.4, 0.5) is 10.5 Å². The third-order valence-electron chi connectivity index (χ3n) is 3.23. The zero-order valence-electron chi connectivity index (χ0n) is 12.1. The molecule has 6 heteroatoms. The minimum atomic E-state index is -0.503. The first kappa shape index (κ1) is 16.0. The van der Waals surface area contributed by atoms with Crippen LogP contribution in [0.1, 0.15) is 19.4 Å². The van der Waals surface area contributed by atoms with Crippen LogP contribution in [0, 0.1) is 0 Å². The molecule has 0 aliphatic rings. The predicted octanol–water partition coefficient (Wildman–Crippen LogP) is 0.935. The number of nitrogens with one attached hydrogen (secondary N) is 2. The van der Waals surface area contributed by atoms with Crippen molar-refractivity contribution in [1.82, 2.24) is 15.5 Å². The zero-order chi connectivity index (χ0) is 15.1. The van der Waals surface area contributed by atoms with Gasteiger partial charge in [0.25, 0.3) is 0 Å². The lowest BCUT2D eigenvalue weighted by atomic mass is 10.1. The summed E-state index contributed by atoms with van der Waals surface area (Å²) in [6.07, 6.45) is 0. The van der Waals surface area contributed by atoms with Crippen LogP contribution in [0.5, 0.6) is 0 Å². The van der Waals surface area contributed by atoms with Gasteiger partial charge in [0.15, 0.2) is 0 Å². The molecule has 0 saturated carbocycles. The van der Waals surface area contributed by atoms with Gasteiger partial charge in [-0.1, -0.05) is 25.1 Å². The van der Waals surface area contributed by atoms with Gasteiger partial charge < -0.3 is 11.1 Å². The monoisotopic (exact) mass is 278 g/mol. The van der Waals surface area contributed by atoms with Crippen molar-refractivity contribution in [3.8, 4) is 0 Å². The molecule has 1 unspecified atom stereocenters. The molecule has 0 radical (unpaired) electrons. The molecule has 0 aliphatic heterocycles. The van der Waals surface area contributed by atoms with E-state index in [1.54, 1.807) is 6.92 Å². The lowest BCUT2D eigenvalue weighted by Crippen LogP contribution is -2.48. The summed E-state index contributed by atoms with van der Waals surface area (Å²) in [5.41, 5.74) is 7.58. The molecule has 1 rings (SSSR count). The van der Waals surface area contributed by atoms with Crippen molar-refractivity contribution in [2.75, 3.05) is 19.3 Å². The van der Waals surface area contributed by atoms with Crippen LogP contribution in [-0.4, -0.2) is 36.5 Å². The van der Waals surface area contributed by atoms with Crippen molar-refractivity contribution in [3.63, 3.8) is 0 Å². The summed E-state index contributed by atoms with van der Waals surface area (Å²) in [5.74, 6) is -0.333. The van der Waals surface area contributed by atoms with Crippen LogP contribution in [0.15, 0.2) is 24.3 Å². The molecule has 4 N–H and O–H groups in total. The van der Waals surface area contributed by atoms with Gasteiger partial charge in [-0.15, -0.1) is 0 Å². The van der Waals surface area contributed by atoms with E-state index >= 15 is 0 Å². The molecule has 3 amide bonds. The lowest BCUT2D eigenvalue weighted by molar-refractivity contribution is -0.124. The topological polar surface area (TPSA) is 87.5 Å². The molecule has 1 aromatic rings. The number of nitrogen functional groups attached to an aromatic ring is 1. The summed E-state index contributed by atoms with van der Waals surface area (Å²) in [4.78, 5) is 25.1. The number of urea groups is 1. The van der Waals surface area contributed by atoms with Crippen LogP contribution in [0.3, 0.4) is 0 Å². The first-order valence-electron chi connectivity index (χ1n) is 6.59. The molecule has 20 heavy (non-hydrogen) atoms. The largest absolute Gasteiger partial charge is 0.398 e. The van der Waals surface area contributed by atoms with Crippen LogP contribution >= 0.6 is 0 Å². The zero-order valence-corrected chi connectivity index (χ0v) is 12.1. The number of benzene rings is 1. The highest BCUT2D eigenvalue weighted by atomic mass is 16.2. The molecule has 6 nitrogen and oxygen atoms in total. The fraction of sp³-hybridized carbons (Fsp3) is 0.429. The second-order valence-electron chi connectivity index (χ2n) is 4.51. The maximum atomic E-state index is 11.9. The van der Waals surface area contributed by atoms with Gasteiger partial charge in [0.2, 0.25) is 5.91 Å². The summed E-state index contributed by atoms with van der Waals surface area (Å²) in [5, 5.41) is 4.64. The van der Waals surface area contributed by atoms with Gasteiger partial charge in [0.1, 0.15) is 0 Å². The van der Waals surface area contributed by atoms with Gasteiger partial charge in [0, 0.05) is 19.3 Å². The molecular weight excluding hydrogens is 256 g/mol. The Kier molecular flexibility index (Phi) is 5.99. The maximum absolute atomic E-state index is 11.9. The normalized spacial score (nSPS) is 12.0. The Morgan fingerprint density at radius 2 is 2.00 bits per heavy atom. The van der Waals surface area contributed by atoms with Gasteiger partial charge in [0.05, 0.1) is 6.04 Å². The number of carbonyl (C=O) groups is 2. The number of likely N-dealkylation sites (N-methyl/N-ethyl adjacent to an activating group) is 1. The average molecular weight is 278 g/mol. The molecule has 0 bridgehead atoms. The molecule has 1 aromatic carbocycles. The fourth-order valence-corrected chi connectivity index (χ4v) is 1.86. The van der Waals surface area contributed by atoms with E-state index in [4.69, 9.17) is 5.73 Å². The van der Waals surface area contributed by atoms with E-state index in [-0.39, 0.29) is 5.91 Å². The standard InChI is InChI=1S/C14H22N4O2/c1-4-18(9-11-7-5-6-8-12(11)15)10(2)13(19)17-14(20)16-3/h5-8,10H,4,9,15H2,1-3H3,(H2,16,17,19,20). The maximum Gasteiger partial charge on any atom is 0.321 e. The molecule has 110 valence electrons. The number of rotatable bonds is 5. The first-order valence-corrected chi connectivity index (χ1v) is 6.59. The highest BCUT2D eigenvalue weighted by Gasteiger charge is 2.22. The molecule has 0 heterocycles. The summed E-state index contributed by atoms with van der Waals surface area (Å²) in [6.45, 7) is 4.96. The van der Waals surface area contributed by atoms with Crippen LogP contribution in [0.25, 0.3) is 0 Å². The van der Waals surface area contributed by atoms with Crippen molar-refractivity contribution in [2.24, 2.45) is 0 Å². The molecule has 1 atom stereocenters. The van der Waals surface area contributed by atoms with Gasteiger partial charge >= 0.3 is 6.03 Å². The third-order valence-corrected chi connectivity index (χ3v) is 3.23. The second-order valence-corrected chi connectivity index (χ2v) is 4.51. The number of amides is 3. The van der Waals surface area contributed by atoms with E-state index in [1.165, 1.54) is 7.05 Å². The van der Waals surface area contributed by atoms with Crippen LogP contribution < -0.4 is 16.4 Å². The van der Waals surface area contributed by atoms with E-state index in [0.29, 0.717) is 18.8 Å². The lowest BCUT2D eigenvalue weighted by Gasteiger charge is -2.27. The SMILES string of the molecule is CCN(Cc1ccccc1N)C(C)C(=O)NC(=O)NC. The number of nitrogens with zero attached hydrogens (tertiary/aromatic N) is 1. The highest BCUT2D eigenvalue weighted by Crippen LogP contribution is 2.15. The van der Waals surface area contributed by atoms with Crippen molar-refractivity contribution in [3.05, 3.63) is 29.8 Å². The van der Waals surface area contributed by atoms with Crippen molar-refractivity contribution in [2.45, 2.75) is 26.4 Å². The minimum absolute atomic E-state index is 0.333. The highest BCUT2D eigenvalue weighted by molar-refractivity contribution is 5.96. The number of imide groups is 1. The molecule has 0 aromatic heterocycles. The van der Waals surface area contributed by atoms with Crippen molar-refractivity contribution in [1.29, 1.82) is 0 Å². The Morgan fingerprint density at radius 3 is 2.55 bits per heavy atom. The van der Waals surface area contributed by atoms with Crippen LogP contribution in [-0.2, 0) is 11.3 Å². The number of nitrogens with two attached hydrogens (primary N) is 1. The van der Waals surface area contributed by atoms with Crippen molar-refractivity contribution < 1.29 is 9.59 Å². The molecule has 0 saturated heterocycles. The van der Waals surface area contributed by atoms with E-state index < -0.39 is 12.1 Å². The van der Waals surface area contributed by atoms with E-state index in [0.717, 1.165) is 5.56 Å². The number of carbonyl (C=O) groups excluding carboxylic acids is 2. The van der Waals surface area contributed by atoms with E-state index in [9.17, 15) is 9.59 Å². The number of hydrogen-bond acceptors (Lipinski definition) is 4. The van der Waals surface area contributed by atoms with Crippen molar-refractivity contribution >= 4 is 17.6 Å². The van der Waals surface area contributed by atoms with Gasteiger partial charge in [-0.2, -0.15) is 0 Å². The van der Waals surface area contributed by atoms with E-state index in [1.807, 2.05) is 36.1 Å². The summed E-state index contributed by atoms with van der Waals surface area (Å²) in [7, 11) is 1.47. The second kappa shape index (κ2) is 7.49. The molecule has 0 spiro atoms. The molecular formula is C14H22N4O2. The summed E-state index contributed by atoms with van der Waals surface area (Å²) < 4.78 is 0. The molecule has 0 aliphatic carbocycles. The predicted molar refractivity (Wildman–Crippen MR) is 79.0 cm³/mol. The smallest absolute Gasteiger partial charge is 0.321 e. The van der Waals surface area contributed by atoms with Crippen LogP contribution in [0.2, 0.25) is 0 Å². The summed E-state index contributed by atoms with van der Waals surface area (Å²) in [6, 6.07) is 6.62. The quantitative estimate of drug-likeness (QED) is 0.699. The Bertz CT molecular complexity index is 476. The third kappa shape index (κ3) is 4.24. The van der Waals surface area contributed by atoms with E-state index in [2.05, 4.69) is 10.6 Å². The number of anilines is 1. The molecule has 0 fully saturated rings. The van der Waals surface area contributed by atoms with Gasteiger partial charge in [-0.05, 0) is 25.1 Å². The Hall–Kier alpha value is -2.08. The Balaban J connectivity index is 2.73.